The van der Waals surface area contributed by atoms with Crippen molar-refractivity contribution in [2.75, 3.05) is 13.2 Å². The standard InChI is InChI=1S/C18H23NO2/c20-18-19-13-7-6-12-17(19)16(14-21-18)11-5-4-10-15-8-2-1-3-9-15/h1-3,5,8-9,11,16-17H,4,6-7,10,12-14H2/b11-5+/t16-,17-/m0/s1. The van der Waals surface area contributed by atoms with E-state index < -0.39 is 0 Å². The number of carbonyl (C=O) groups excluding carboxylic acids is 1. The van der Waals surface area contributed by atoms with E-state index in [-0.39, 0.29) is 6.09 Å². The van der Waals surface area contributed by atoms with E-state index in [0.29, 0.717) is 18.6 Å². The van der Waals surface area contributed by atoms with Gasteiger partial charge in [-0.3, -0.25) is 0 Å². The molecule has 2 atom stereocenters. The number of allylic oxidation sites excluding steroid dienone is 1. The average molecular weight is 285 g/mol. The molecule has 0 radical (unpaired) electrons. The number of nitrogens with zero attached hydrogens (tertiary/aromatic N) is 1. The van der Waals surface area contributed by atoms with Crippen LogP contribution in [0.25, 0.3) is 0 Å². The molecule has 2 fully saturated rings. The molecular formula is C18H23NO2. The molecule has 1 aromatic carbocycles. The summed E-state index contributed by atoms with van der Waals surface area (Å²) in [5.74, 6) is 0.360. The average Bonchev–Trinajstić information content (AvgIpc) is 2.55. The second kappa shape index (κ2) is 6.79. The van der Waals surface area contributed by atoms with Crippen molar-refractivity contribution in [3.8, 4) is 0 Å². The van der Waals surface area contributed by atoms with E-state index in [4.69, 9.17) is 4.74 Å². The van der Waals surface area contributed by atoms with Crippen LogP contribution in [0.15, 0.2) is 42.5 Å². The number of ether oxygens (including phenoxy) is 1. The van der Waals surface area contributed by atoms with Crippen molar-refractivity contribution >= 4 is 6.09 Å². The topological polar surface area (TPSA) is 29.5 Å². The van der Waals surface area contributed by atoms with Gasteiger partial charge in [0.2, 0.25) is 0 Å². The van der Waals surface area contributed by atoms with Crippen LogP contribution in [0, 0.1) is 5.92 Å². The Balaban J connectivity index is 1.54. The molecular weight excluding hydrogens is 262 g/mol. The minimum Gasteiger partial charge on any atom is -0.449 e. The van der Waals surface area contributed by atoms with Gasteiger partial charge in [0, 0.05) is 18.5 Å². The van der Waals surface area contributed by atoms with Crippen molar-refractivity contribution in [2.45, 2.75) is 38.1 Å². The van der Waals surface area contributed by atoms with Gasteiger partial charge in [0.1, 0.15) is 6.61 Å². The number of hydrogen-bond acceptors (Lipinski definition) is 2. The molecule has 0 spiro atoms. The van der Waals surface area contributed by atoms with Crippen LogP contribution in [-0.4, -0.2) is 30.2 Å². The Bertz CT molecular complexity index is 497. The molecule has 3 rings (SSSR count). The monoisotopic (exact) mass is 285 g/mol. The van der Waals surface area contributed by atoms with E-state index in [9.17, 15) is 4.79 Å². The maximum atomic E-state index is 11.8. The third-order valence-corrected chi connectivity index (χ3v) is 4.50. The second-order valence-electron chi connectivity index (χ2n) is 5.95. The molecule has 2 heterocycles. The van der Waals surface area contributed by atoms with Crippen LogP contribution in [0.2, 0.25) is 0 Å². The van der Waals surface area contributed by atoms with E-state index in [1.54, 1.807) is 0 Å². The number of hydrogen-bond donors (Lipinski definition) is 0. The van der Waals surface area contributed by atoms with Crippen LogP contribution in [0.3, 0.4) is 0 Å². The zero-order valence-electron chi connectivity index (χ0n) is 12.4. The summed E-state index contributed by atoms with van der Waals surface area (Å²) in [5, 5.41) is 0. The lowest BCUT2D eigenvalue weighted by Crippen LogP contribution is -2.52. The lowest BCUT2D eigenvalue weighted by molar-refractivity contribution is 0.00699. The summed E-state index contributed by atoms with van der Waals surface area (Å²) in [6.07, 6.45) is 9.96. The smallest absolute Gasteiger partial charge is 0.410 e. The highest BCUT2D eigenvalue weighted by atomic mass is 16.6. The highest BCUT2D eigenvalue weighted by Crippen LogP contribution is 2.29. The Morgan fingerprint density at radius 2 is 2.10 bits per heavy atom. The third-order valence-electron chi connectivity index (χ3n) is 4.50. The van der Waals surface area contributed by atoms with Gasteiger partial charge in [0.05, 0.1) is 0 Å². The normalized spacial score (nSPS) is 25.7. The van der Waals surface area contributed by atoms with Crippen molar-refractivity contribution in [1.29, 1.82) is 0 Å². The molecule has 1 amide bonds. The molecule has 3 nitrogen and oxygen atoms in total. The van der Waals surface area contributed by atoms with Gasteiger partial charge in [0.25, 0.3) is 0 Å². The van der Waals surface area contributed by atoms with E-state index in [2.05, 4.69) is 36.4 Å². The molecule has 2 aliphatic rings. The number of benzene rings is 1. The van der Waals surface area contributed by atoms with Crippen LogP contribution in [0.1, 0.15) is 31.2 Å². The first kappa shape index (κ1) is 14.2. The molecule has 0 aromatic heterocycles. The molecule has 3 heteroatoms. The largest absolute Gasteiger partial charge is 0.449 e. The molecule has 0 unspecified atom stereocenters. The Hall–Kier alpha value is -1.77. The summed E-state index contributed by atoms with van der Waals surface area (Å²) in [4.78, 5) is 13.7. The highest BCUT2D eigenvalue weighted by Gasteiger charge is 2.37. The Labute approximate surface area is 126 Å². The first-order valence-electron chi connectivity index (χ1n) is 7.98. The molecule has 0 N–H and O–H groups in total. The predicted octanol–water partition coefficient (Wildman–Crippen LogP) is 3.80. The van der Waals surface area contributed by atoms with Gasteiger partial charge in [-0.15, -0.1) is 0 Å². The van der Waals surface area contributed by atoms with Gasteiger partial charge >= 0.3 is 6.09 Å². The van der Waals surface area contributed by atoms with Gasteiger partial charge < -0.3 is 9.64 Å². The number of amides is 1. The number of aryl methyl sites for hydroxylation is 1. The molecule has 112 valence electrons. The second-order valence-corrected chi connectivity index (χ2v) is 5.95. The first-order chi connectivity index (χ1) is 10.3. The molecule has 21 heavy (non-hydrogen) atoms. The molecule has 0 bridgehead atoms. The number of piperidine rings is 1. The summed E-state index contributed by atoms with van der Waals surface area (Å²) >= 11 is 0. The summed E-state index contributed by atoms with van der Waals surface area (Å²) in [7, 11) is 0. The van der Waals surface area contributed by atoms with Gasteiger partial charge in [-0.1, -0.05) is 42.5 Å². The highest BCUT2D eigenvalue weighted by molar-refractivity contribution is 5.69. The van der Waals surface area contributed by atoms with Crippen LogP contribution in [0.4, 0.5) is 4.79 Å². The minimum atomic E-state index is -0.117. The lowest BCUT2D eigenvalue weighted by Gasteiger charge is -2.42. The third kappa shape index (κ3) is 3.46. The Kier molecular flexibility index (Phi) is 4.59. The van der Waals surface area contributed by atoms with Gasteiger partial charge in [-0.05, 0) is 37.7 Å². The van der Waals surface area contributed by atoms with Crippen LogP contribution in [-0.2, 0) is 11.2 Å². The molecule has 0 aliphatic carbocycles. The fourth-order valence-electron chi connectivity index (χ4n) is 3.34. The zero-order chi connectivity index (χ0) is 14.5. The van der Waals surface area contributed by atoms with Crippen LogP contribution >= 0.6 is 0 Å². The maximum absolute atomic E-state index is 11.8. The molecule has 1 aromatic rings. The minimum absolute atomic E-state index is 0.117. The van der Waals surface area contributed by atoms with Gasteiger partial charge in [-0.25, -0.2) is 4.79 Å². The lowest BCUT2D eigenvalue weighted by atomic mass is 9.89. The van der Waals surface area contributed by atoms with Crippen molar-refractivity contribution in [1.82, 2.24) is 4.90 Å². The fraction of sp³-hybridized carbons (Fsp3) is 0.500. The summed E-state index contributed by atoms with van der Waals surface area (Å²) in [6.45, 7) is 1.40. The van der Waals surface area contributed by atoms with Crippen molar-refractivity contribution in [3.63, 3.8) is 0 Å². The Morgan fingerprint density at radius 1 is 1.24 bits per heavy atom. The zero-order valence-corrected chi connectivity index (χ0v) is 12.4. The van der Waals surface area contributed by atoms with E-state index in [1.165, 1.54) is 12.0 Å². The van der Waals surface area contributed by atoms with Crippen LogP contribution in [0.5, 0.6) is 0 Å². The van der Waals surface area contributed by atoms with E-state index in [0.717, 1.165) is 32.2 Å². The Morgan fingerprint density at radius 3 is 2.95 bits per heavy atom. The summed E-state index contributed by atoms with van der Waals surface area (Å²) in [5.41, 5.74) is 1.37. The number of cyclic esters (lactones) is 1. The van der Waals surface area contributed by atoms with Crippen molar-refractivity contribution in [2.24, 2.45) is 5.92 Å². The van der Waals surface area contributed by atoms with Crippen molar-refractivity contribution < 1.29 is 9.53 Å². The quantitative estimate of drug-likeness (QED) is 0.788. The first-order valence-corrected chi connectivity index (χ1v) is 7.98. The van der Waals surface area contributed by atoms with Gasteiger partial charge in [0.15, 0.2) is 0 Å². The molecule has 2 saturated heterocycles. The van der Waals surface area contributed by atoms with E-state index in [1.807, 2.05) is 11.0 Å². The fourth-order valence-corrected chi connectivity index (χ4v) is 3.34. The molecule has 0 saturated carbocycles. The maximum Gasteiger partial charge on any atom is 0.410 e. The number of rotatable bonds is 4. The summed E-state index contributed by atoms with van der Waals surface area (Å²) < 4.78 is 5.31. The van der Waals surface area contributed by atoms with Gasteiger partial charge in [-0.2, -0.15) is 0 Å². The SMILES string of the molecule is O=C1OC[C@H](/C=C/CCc2ccccc2)[C@@H]2CCCCN12. The number of carbonyl (C=O) groups is 1. The molecule has 2 aliphatic heterocycles. The van der Waals surface area contributed by atoms with Crippen molar-refractivity contribution in [3.05, 3.63) is 48.0 Å². The summed E-state index contributed by atoms with van der Waals surface area (Å²) in [6, 6.07) is 10.9. The number of fused-ring (bicyclic) bond motifs is 1. The van der Waals surface area contributed by atoms with E-state index >= 15 is 0 Å². The van der Waals surface area contributed by atoms with Crippen LogP contribution < -0.4 is 0 Å². The predicted molar refractivity (Wildman–Crippen MR) is 83.1 cm³/mol.